The van der Waals surface area contributed by atoms with Crippen LogP contribution in [0.5, 0.6) is 0 Å². The Morgan fingerprint density at radius 1 is 1.23 bits per heavy atom. The summed E-state index contributed by atoms with van der Waals surface area (Å²) in [5.41, 5.74) is 7.67. The van der Waals surface area contributed by atoms with Crippen LogP contribution < -0.4 is 10.6 Å². The van der Waals surface area contributed by atoms with Gasteiger partial charge in [0.1, 0.15) is 0 Å². The Hall–Kier alpha value is -2.37. The summed E-state index contributed by atoms with van der Waals surface area (Å²) in [7, 11) is 1.74. The van der Waals surface area contributed by atoms with Crippen molar-refractivity contribution in [1.29, 1.82) is 0 Å². The van der Waals surface area contributed by atoms with Gasteiger partial charge in [0.25, 0.3) is 5.91 Å². The summed E-state index contributed by atoms with van der Waals surface area (Å²) in [6.07, 6.45) is 1.58. The quantitative estimate of drug-likeness (QED) is 0.865. The van der Waals surface area contributed by atoms with Crippen LogP contribution in [-0.4, -0.2) is 42.8 Å². The van der Waals surface area contributed by atoms with Gasteiger partial charge in [0.15, 0.2) is 0 Å². The molecule has 6 nitrogen and oxygen atoms in total. The van der Waals surface area contributed by atoms with Crippen LogP contribution in [0.2, 0.25) is 0 Å². The molecule has 2 heterocycles. The molecule has 2 aliphatic rings. The summed E-state index contributed by atoms with van der Waals surface area (Å²) < 4.78 is 0. The average Bonchev–Trinajstić information content (AvgIpc) is 2.81. The van der Waals surface area contributed by atoms with Gasteiger partial charge in [-0.05, 0) is 36.6 Å². The van der Waals surface area contributed by atoms with Crippen LogP contribution in [0.15, 0.2) is 18.2 Å². The van der Waals surface area contributed by atoms with Crippen molar-refractivity contribution in [2.45, 2.75) is 19.3 Å². The maximum atomic E-state index is 12.6. The van der Waals surface area contributed by atoms with Gasteiger partial charge in [-0.25, -0.2) is 0 Å². The Labute approximate surface area is 128 Å². The fourth-order valence-corrected chi connectivity index (χ4v) is 3.15. The number of hydrogen-bond donors (Lipinski definition) is 1. The molecule has 0 unspecified atom stereocenters. The highest BCUT2D eigenvalue weighted by atomic mass is 16.2. The van der Waals surface area contributed by atoms with Crippen molar-refractivity contribution >= 4 is 23.4 Å². The number of amides is 3. The number of likely N-dealkylation sites (tertiary alicyclic amines) is 1. The van der Waals surface area contributed by atoms with Crippen molar-refractivity contribution in [3.63, 3.8) is 0 Å². The standard InChI is InChI=1S/C16H19N3O3/c1-18-13-3-2-11(8-12(13)9-14(18)20)16(22)19-6-4-10(5-7-19)15(17)21/h2-3,8,10H,4-7,9H2,1H3,(H2,17,21). The maximum Gasteiger partial charge on any atom is 0.253 e. The first-order chi connectivity index (χ1) is 10.5. The van der Waals surface area contributed by atoms with Gasteiger partial charge in [-0.2, -0.15) is 0 Å². The van der Waals surface area contributed by atoms with Gasteiger partial charge in [0.2, 0.25) is 11.8 Å². The zero-order valence-electron chi connectivity index (χ0n) is 12.5. The van der Waals surface area contributed by atoms with Crippen molar-refractivity contribution in [3.05, 3.63) is 29.3 Å². The normalized spacial score (nSPS) is 18.5. The molecule has 2 N–H and O–H groups in total. The van der Waals surface area contributed by atoms with Crippen LogP contribution in [0.4, 0.5) is 5.69 Å². The molecule has 1 aromatic rings. The minimum Gasteiger partial charge on any atom is -0.369 e. The Balaban J connectivity index is 1.73. The Morgan fingerprint density at radius 3 is 2.55 bits per heavy atom. The van der Waals surface area contributed by atoms with E-state index in [4.69, 9.17) is 5.73 Å². The van der Waals surface area contributed by atoms with Crippen LogP contribution in [0.25, 0.3) is 0 Å². The molecular weight excluding hydrogens is 282 g/mol. The number of hydrogen-bond acceptors (Lipinski definition) is 3. The molecule has 1 aromatic carbocycles. The maximum absolute atomic E-state index is 12.6. The molecular formula is C16H19N3O3. The van der Waals surface area contributed by atoms with Gasteiger partial charge in [0, 0.05) is 37.3 Å². The van der Waals surface area contributed by atoms with Gasteiger partial charge in [-0.1, -0.05) is 0 Å². The molecule has 6 heteroatoms. The fourth-order valence-electron chi connectivity index (χ4n) is 3.15. The first-order valence-corrected chi connectivity index (χ1v) is 7.45. The molecule has 0 spiro atoms. The number of piperidine rings is 1. The van der Waals surface area contributed by atoms with Gasteiger partial charge in [-0.15, -0.1) is 0 Å². The molecule has 0 atom stereocenters. The second-order valence-corrected chi connectivity index (χ2v) is 5.94. The largest absolute Gasteiger partial charge is 0.369 e. The molecule has 0 aromatic heterocycles. The van der Waals surface area contributed by atoms with Crippen LogP contribution in [0.1, 0.15) is 28.8 Å². The summed E-state index contributed by atoms with van der Waals surface area (Å²) in [5, 5.41) is 0. The van der Waals surface area contributed by atoms with E-state index in [0.717, 1.165) is 11.3 Å². The van der Waals surface area contributed by atoms with Crippen molar-refractivity contribution in [2.75, 3.05) is 25.0 Å². The lowest BCUT2D eigenvalue weighted by Gasteiger charge is -2.30. The lowest BCUT2D eigenvalue weighted by molar-refractivity contribution is -0.123. The Kier molecular flexibility index (Phi) is 3.60. The number of nitrogens with two attached hydrogens (primary N) is 1. The van der Waals surface area contributed by atoms with Crippen LogP contribution in [0, 0.1) is 5.92 Å². The molecule has 1 saturated heterocycles. The van der Waals surface area contributed by atoms with Gasteiger partial charge in [0.05, 0.1) is 6.42 Å². The molecule has 3 rings (SSSR count). The van der Waals surface area contributed by atoms with E-state index < -0.39 is 0 Å². The first-order valence-electron chi connectivity index (χ1n) is 7.45. The molecule has 0 radical (unpaired) electrons. The van der Waals surface area contributed by atoms with E-state index in [1.54, 1.807) is 29.0 Å². The molecule has 116 valence electrons. The summed E-state index contributed by atoms with van der Waals surface area (Å²) in [4.78, 5) is 38.8. The van der Waals surface area contributed by atoms with E-state index >= 15 is 0 Å². The fraction of sp³-hybridized carbons (Fsp3) is 0.438. The third-order valence-corrected chi connectivity index (χ3v) is 4.59. The number of carbonyl (C=O) groups excluding carboxylic acids is 3. The van der Waals surface area contributed by atoms with Crippen LogP contribution in [-0.2, 0) is 16.0 Å². The van der Waals surface area contributed by atoms with E-state index in [0.29, 0.717) is 37.9 Å². The predicted molar refractivity (Wildman–Crippen MR) is 81.4 cm³/mol. The van der Waals surface area contributed by atoms with Crippen molar-refractivity contribution in [2.24, 2.45) is 11.7 Å². The van der Waals surface area contributed by atoms with E-state index in [9.17, 15) is 14.4 Å². The lowest BCUT2D eigenvalue weighted by atomic mass is 9.95. The summed E-state index contributed by atoms with van der Waals surface area (Å²) in [5.74, 6) is -0.420. The van der Waals surface area contributed by atoms with Crippen LogP contribution >= 0.6 is 0 Å². The zero-order valence-corrected chi connectivity index (χ0v) is 12.5. The number of carbonyl (C=O) groups is 3. The topological polar surface area (TPSA) is 83.7 Å². The van der Waals surface area contributed by atoms with E-state index in [1.807, 2.05) is 6.07 Å². The summed E-state index contributed by atoms with van der Waals surface area (Å²) >= 11 is 0. The van der Waals surface area contributed by atoms with E-state index in [1.165, 1.54) is 0 Å². The molecule has 0 saturated carbocycles. The van der Waals surface area contributed by atoms with Crippen molar-refractivity contribution in [1.82, 2.24) is 4.90 Å². The minimum atomic E-state index is -0.286. The molecule has 2 aliphatic heterocycles. The second kappa shape index (κ2) is 5.44. The van der Waals surface area contributed by atoms with Gasteiger partial charge < -0.3 is 15.5 Å². The highest BCUT2D eigenvalue weighted by Gasteiger charge is 2.28. The van der Waals surface area contributed by atoms with E-state index in [2.05, 4.69) is 0 Å². The number of primary amides is 1. The third-order valence-electron chi connectivity index (χ3n) is 4.59. The highest BCUT2D eigenvalue weighted by Crippen LogP contribution is 2.29. The summed E-state index contributed by atoms with van der Waals surface area (Å²) in [6, 6.07) is 5.39. The molecule has 22 heavy (non-hydrogen) atoms. The predicted octanol–water partition coefficient (Wildman–Crippen LogP) is 0.543. The van der Waals surface area contributed by atoms with Crippen LogP contribution in [0.3, 0.4) is 0 Å². The smallest absolute Gasteiger partial charge is 0.253 e. The van der Waals surface area contributed by atoms with Gasteiger partial charge >= 0.3 is 0 Å². The molecule has 0 bridgehead atoms. The number of likely N-dealkylation sites (N-methyl/N-ethyl adjacent to an activating group) is 1. The monoisotopic (exact) mass is 301 g/mol. The zero-order chi connectivity index (χ0) is 15.9. The number of anilines is 1. The minimum absolute atomic E-state index is 0.0434. The van der Waals surface area contributed by atoms with Crippen molar-refractivity contribution in [3.8, 4) is 0 Å². The molecule has 1 fully saturated rings. The number of benzene rings is 1. The number of rotatable bonds is 2. The molecule has 3 amide bonds. The highest BCUT2D eigenvalue weighted by molar-refractivity contribution is 6.03. The molecule has 0 aliphatic carbocycles. The average molecular weight is 301 g/mol. The number of fused-ring (bicyclic) bond motifs is 1. The second-order valence-electron chi connectivity index (χ2n) is 5.94. The Morgan fingerprint density at radius 2 is 1.91 bits per heavy atom. The van der Waals surface area contributed by atoms with Gasteiger partial charge in [-0.3, -0.25) is 14.4 Å². The SMILES string of the molecule is CN1C(=O)Cc2cc(C(=O)N3CCC(C(N)=O)CC3)ccc21. The van der Waals surface area contributed by atoms with Crippen molar-refractivity contribution < 1.29 is 14.4 Å². The van der Waals surface area contributed by atoms with E-state index in [-0.39, 0.29) is 23.6 Å². The summed E-state index contributed by atoms with van der Waals surface area (Å²) in [6.45, 7) is 1.09. The Bertz CT molecular complexity index is 648. The lowest BCUT2D eigenvalue weighted by Crippen LogP contribution is -2.41. The first kappa shape index (κ1) is 14.6. The number of nitrogens with zero attached hydrogens (tertiary/aromatic N) is 2. The third kappa shape index (κ3) is 2.45.